The maximum absolute atomic E-state index is 12.5. The summed E-state index contributed by atoms with van der Waals surface area (Å²) >= 11 is 0. The van der Waals surface area contributed by atoms with Gasteiger partial charge in [-0.3, -0.25) is 9.89 Å². The summed E-state index contributed by atoms with van der Waals surface area (Å²) in [4.78, 5) is 14.4. The van der Waals surface area contributed by atoms with E-state index in [1.165, 1.54) is 5.56 Å². The molecule has 5 nitrogen and oxygen atoms in total. The van der Waals surface area contributed by atoms with E-state index in [1.807, 2.05) is 17.9 Å². The van der Waals surface area contributed by atoms with Gasteiger partial charge in [0, 0.05) is 30.5 Å². The van der Waals surface area contributed by atoms with E-state index in [2.05, 4.69) is 53.6 Å². The van der Waals surface area contributed by atoms with Crippen molar-refractivity contribution >= 4 is 11.6 Å². The van der Waals surface area contributed by atoms with Gasteiger partial charge in [-0.05, 0) is 49.4 Å². The number of hydrogen-bond acceptors (Lipinski definition) is 3. The highest BCUT2D eigenvalue weighted by atomic mass is 16.2. The molecule has 1 aromatic heterocycles. The largest absolute Gasteiger partial charge is 0.381 e. The highest BCUT2D eigenvalue weighted by molar-refractivity contribution is 5.92. The van der Waals surface area contributed by atoms with Gasteiger partial charge in [0.25, 0.3) is 5.91 Å². The second kappa shape index (κ2) is 7.07. The Bertz CT molecular complexity index is 690. The summed E-state index contributed by atoms with van der Waals surface area (Å²) in [6.07, 6.45) is 2.09. The second-order valence-electron chi connectivity index (χ2n) is 6.95. The number of aromatic nitrogens is 2. The van der Waals surface area contributed by atoms with Gasteiger partial charge in [-0.2, -0.15) is 5.10 Å². The van der Waals surface area contributed by atoms with Crippen molar-refractivity contribution in [1.29, 1.82) is 0 Å². The zero-order valence-electron chi connectivity index (χ0n) is 14.7. The predicted octanol–water partition coefficient (Wildman–Crippen LogP) is 3.56. The topological polar surface area (TPSA) is 61.0 Å². The molecule has 0 aliphatic carbocycles. The Kier molecular flexibility index (Phi) is 4.88. The van der Waals surface area contributed by atoms with Gasteiger partial charge in [0.15, 0.2) is 0 Å². The van der Waals surface area contributed by atoms with E-state index >= 15 is 0 Å². The van der Waals surface area contributed by atoms with E-state index in [-0.39, 0.29) is 11.9 Å². The van der Waals surface area contributed by atoms with E-state index in [0.29, 0.717) is 11.6 Å². The predicted molar refractivity (Wildman–Crippen MR) is 96.4 cm³/mol. The molecule has 24 heavy (non-hydrogen) atoms. The van der Waals surface area contributed by atoms with Crippen molar-refractivity contribution in [3.8, 4) is 0 Å². The Balaban J connectivity index is 1.62. The number of anilines is 1. The lowest BCUT2D eigenvalue weighted by atomic mass is 10.0. The molecular formula is C19H26N4O. The smallest absolute Gasteiger partial charge is 0.274 e. The Morgan fingerprint density at radius 1 is 1.33 bits per heavy atom. The Morgan fingerprint density at radius 3 is 2.71 bits per heavy atom. The molecule has 1 unspecified atom stereocenters. The van der Waals surface area contributed by atoms with Gasteiger partial charge in [-0.1, -0.05) is 26.0 Å². The maximum atomic E-state index is 12.5. The molecule has 1 amide bonds. The second-order valence-corrected chi connectivity index (χ2v) is 6.95. The first-order chi connectivity index (χ1) is 11.5. The molecule has 1 aliphatic heterocycles. The molecule has 2 aromatic rings. The number of aromatic amines is 1. The van der Waals surface area contributed by atoms with Crippen LogP contribution in [0.2, 0.25) is 0 Å². The average molecular weight is 326 g/mol. The van der Waals surface area contributed by atoms with Crippen LogP contribution >= 0.6 is 0 Å². The monoisotopic (exact) mass is 326 g/mol. The minimum atomic E-state index is 0.0148. The maximum Gasteiger partial charge on any atom is 0.274 e. The van der Waals surface area contributed by atoms with Crippen molar-refractivity contribution in [1.82, 2.24) is 15.1 Å². The van der Waals surface area contributed by atoms with Gasteiger partial charge in [0.05, 0.1) is 0 Å². The number of likely N-dealkylation sites (tertiary alicyclic amines) is 1. The number of carbonyl (C=O) groups is 1. The fraction of sp³-hybridized carbons (Fsp3) is 0.474. The standard InChI is InChI=1S/C19H26N4O/c1-13(2)15-6-8-16(9-7-15)20-17-5-4-10-23(12-17)19(24)18-11-14(3)21-22-18/h6-9,11,13,17,20H,4-5,10,12H2,1-3H3,(H,21,22). The average Bonchev–Trinajstić information content (AvgIpc) is 3.01. The molecule has 0 radical (unpaired) electrons. The van der Waals surface area contributed by atoms with Crippen LogP contribution in [0.15, 0.2) is 30.3 Å². The number of piperidine rings is 1. The Morgan fingerprint density at radius 2 is 2.08 bits per heavy atom. The lowest BCUT2D eigenvalue weighted by molar-refractivity contribution is 0.0709. The first-order valence-corrected chi connectivity index (χ1v) is 8.70. The van der Waals surface area contributed by atoms with E-state index < -0.39 is 0 Å². The van der Waals surface area contributed by atoms with Crippen LogP contribution in [-0.2, 0) is 0 Å². The molecule has 1 saturated heterocycles. The quantitative estimate of drug-likeness (QED) is 0.903. The third-order valence-corrected chi connectivity index (χ3v) is 4.58. The zero-order valence-corrected chi connectivity index (χ0v) is 14.7. The Hall–Kier alpha value is -2.30. The molecular weight excluding hydrogens is 300 g/mol. The third-order valence-electron chi connectivity index (χ3n) is 4.58. The van der Waals surface area contributed by atoms with Crippen LogP contribution in [0.25, 0.3) is 0 Å². The molecule has 2 heterocycles. The fourth-order valence-corrected chi connectivity index (χ4v) is 3.17. The third kappa shape index (κ3) is 3.78. The number of nitrogens with one attached hydrogen (secondary N) is 2. The van der Waals surface area contributed by atoms with Crippen LogP contribution in [-0.4, -0.2) is 40.1 Å². The van der Waals surface area contributed by atoms with Gasteiger partial charge >= 0.3 is 0 Å². The molecule has 0 saturated carbocycles. The molecule has 128 valence electrons. The molecule has 5 heteroatoms. The van der Waals surface area contributed by atoms with Crippen LogP contribution < -0.4 is 5.32 Å². The van der Waals surface area contributed by atoms with Gasteiger partial charge in [0.1, 0.15) is 5.69 Å². The summed E-state index contributed by atoms with van der Waals surface area (Å²) < 4.78 is 0. The lowest BCUT2D eigenvalue weighted by Crippen LogP contribution is -2.45. The van der Waals surface area contributed by atoms with Crippen molar-refractivity contribution in [3.05, 3.63) is 47.3 Å². The van der Waals surface area contributed by atoms with E-state index in [9.17, 15) is 4.79 Å². The van der Waals surface area contributed by atoms with Crippen LogP contribution in [0.4, 0.5) is 5.69 Å². The number of benzene rings is 1. The van der Waals surface area contributed by atoms with Crippen LogP contribution in [0, 0.1) is 6.92 Å². The molecule has 1 aromatic carbocycles. The van der Waals surface area contributed by atoms with Crippen molar-refractivity contribution < 1.29 is 4.79 Å². The molecule has 1 atom stereocenters. The number of carbonyl (C=O) groups excluding carboxylic acids is 1. The first kappa shape index (κ1) is 16.6. The number of H-pyrrole nitrogens is 1. The molecule has 2 N–H and O–H groups in total. The Labute approximate surface area is 143 Å². The summed E-state index contributed by atoms with van der Waals surface area (Å²) in [5, 5.41) is 10.5. The summed E-state index contributed by atoms with van der Waals surface area (Å²) in [6.45, 7) is 7.82. The molecule has 0 bridgehead atoms. The summed E-state index contributed by atoms with van der Waals surface area (Å²) in [6, 6.07) is 10.7. The number of aryl methyl sites for hydroxylation is 1. The van der Waals surface area contributed by atoms with Gasteiger partial charge in [-0.15, -0.1) is 0 Å². The molecule has 0 spiro atoms. The highest BCUT2D eigenvalue weighted by Gasteiger charge is 2.25. The minimum Gasteiger partial charge on any atom is -0.381 e. The zero-order chi connectivity index (χ0) is 17.1. The summed E-state index contributed by atoms with van der Waals surface area (Å²) in [5.74, 6) is 0.556. The molecule has 1 fully saturated rings. The lowest BCUT2D eigenvalue weighted by Gasteiger charge is -2.33. The fourth-order valence-electron chi connectivity index (χ4n) is 3.17. The van der Waals surface area contributed by atoms with Crippen LogP contribution in [0.5, 0.6) is 0 Å². The van der Waals surface area contributed by atoms with Crippen molar-refractivity contribution in [2.24, 2.45) is 0 Å². The first-order valence-electron chi connectivity index (χ1n) is 8.70. The van der Waals surface area contributed by atoms with E-state index in [0.717, 1.165) is 37.3 Å². The van der Waals surface area contributed by atoms with Gasteiger partial charge in [-0.25, -0.2) is 0 Å². The normalized spacial score (nSPS) is 18.0. The van der Waals surface area contributed by atoms with Crippen molar-refractivity contribution in [3.63, 3.8) is 0 Å². The highest BCUT2D eigenvalue weighted by Crippen LogP contribution is 2.20. The van der Waals surface area contributed by atoms with E-state index in [4.69, 9.17) is 0 Å². The number of amides is 1. The van der Waals surface area contributed by atoms with Crippen LogP contribution in [0.3, 0.4) is 0 Å². The minimum absolute atomic E-state index is 0.0148. The molecule has 3 rings (SSSR count). The van der Waals surface area contributed by atoms with Crippen molar-refractivity contribution in [2.45, 2.75) is 45.6 Å². The summed E-state index contributed by atoms with van der Waals surface area (Å²) in [5.41, 5.74) is 3.88. The molecule has 1 aliphatic rings. The SMILES string of the molecule is Cc1cc(C(=O)N2CCCC(Nc3ccc(C(C)C)cc3)C2)n[nH]1. The number of rotatable bonds is 4. The van der Waals surface area contributed by atoms with Crippen LogP contribution in [0.1, 0.15) is 54.4 Å². The summed E-state index contributed by atoms with van der Waals surface area (Å²) in [7, 11) is 0. The van der Waals surface area contributed by atoms with E-state index in [1.54, 1.807) is 0 Å². The van der Waals surface area contributed by atoms with Gasteiger partial charge in [0.2, 0.25) is 0 Å². The van der Waals surface area contributed by atoms with Gasteiger partial charge < -0.3 is 10.2 Å². The van der Waals surface area contributed by atoms with Crippen molar-refractivity contribution in [2.75, 3.05) is 18.4 Å². The number of hydrogen-bond donors (Lipinski definition) is 2. The number of nitrogens with zero attached hydrogens (tertiary/aromatic N) is 2.